The van der Waals surface area contributed by atoms with Gasteiger partial charge in [-0.25, -0.2) is 0 Å². The van der Waals surface area contributed by atoms with Crippen LogP contribution in [-0.2, 0) is 4.79 Å². The molecule has 1 aromatic carbocycles. The molecular weight excluding hydrogens is 266 g/mol. The number of amides is 2. The molecule has 0 aliphatic rings. The number of carbonyl (C=O) groups is 2. The minimum Gasteiger partial charge on any atom is -0.508 e. The molecule has 1 aromatic heterocycles. The third-order valence-electron chi connectivity index (χ3n) is 2.19. The van der Waals surface area contributed by atoms with Crippen LogP contribution in [0.3, 0.4) is 0 Å². The standard InChI is InChI=1S/C13H11NO4S/c15-9-3-1-4-10(7-9)19-8-12(16)14-13(17)11-5-2-6-18-11/h1-7,15H,8H2,(H,14,16,17). The molecule has 5 nitrogen and oxygen atoms in total. The molecular formula is C13H11NO4S. The van der Waals surface area contributed by atoms with E-state index in [1.54, 1.807) is 30.3 Å². The molecule has 0 radical (unpaired) electrons. The molecule has 2 rings (SSSR count). The molecule has 0 aliphatic heterocycles. The third-order valence-corrected chi connectivity index (χ3v) is 3.18. The number of rotatable bonds is 4. The van der Waals surface area contributed by atoms with Crippen molar-refractivity contribution in [1.29, 1.82) is 0 Å². The lowest BCUT2D eigenvalue weighted by atomic mass is 10.3. The van der Waals surface area contributed by atoms with Crippen LogP contribution in [0.5, 0.6) is 5.75 Å². The van der Waals surface area contributed by atoms with Crippen LogP contribution in [0.4, 0.5) is 0 Å². The van der Waals surface area contributed by atoms with E-state index < -0.39 is 11.8 Å². The number of hydrogen-bond donors (Lipinski definition) is 2. The molecule has 2 N–H and O–H groups in total. The molecule has 2 aromatic rings. The van der Waals surface area contributed by atoms with Gasteiger partial charge in [0.25, 0.3) is 5.91 Å². The summed E-state index contributed by atoms with van der Waals surface area (Å²) in [5.74, 6) is -0.676. The zero-order chi connectivity index (χ0) is 13.7. The molecule has 98 valence electrons. The lowest BCUT2D eigenvalue weighted by Gasteiger charge is -2.03. The average molecular weight is 277 g/mol. The molecule has 0 saturated carbocycles. The third kappa shape index (κ3) is 3.89. The maximum absolute atomic E-state index is 11.5. The summed E-state index contributed by atoms with van der Waals surface area (Å²) in [6, 6.07) is 9.60. The molecule has 2 amide bonds. The van der Waals surface area contributed by atoms with Crippen LogP contribution in [0.15, 0.2) is 52.0 Å². The second kappa shape index (κ2) is 6.10. The number of carbonyl (C=O) groups excluding carboxylic acids is 2. The van der Waals surface area contributed by atoms with Gasteiger partial charge in [0.1, 0.15) is 5.75 Å². The first-order chi connectivity index (χ1) is 9.15. The number of furan rings is 1. The van der Waals surface area contributed by atoms with Crippen molar-refractivity contribution in [3.05, 3.63) is 48.4 Å². The van der Waals surface area contributed by atoms with Gasteiger partial charge < -0.3 is 9.52 Å². The van der Waals surface area contributed by atoms with Crippen LogP contribution < -0.4 is 5.32 Å². The summed E-state index contributed by atoms with van der Waals surface area (Å²) in [5, 5.41) is 11.5. The Balaban J connectivity index is 1.83. The van der Waals surface area contributed by atoms with Crippen LogP contribution in [0.1, 0.15) is 10.6 Å². The van der Waals surface area contributed by atoms with Crippen LogP contribution in [-0.4, -0.2) is 22.7 Å². The summed E-state index contributed by atoms with van der Waals surface area (Å²) < 4.78 is 4.87. The van der Waals surface area contributed by atoms with Crippen molar-refractivity contribution in [2.24, 2.45) is 0 Å². The quantitative estimate of drug-likeness (QED) is 0.836. The van der Waals surface area contributed by atoms with Gasteiger partial charge in [-0.3, -0.25) is 14.9 Å². The largest absolute Gasteiger partial charge is 0.508 e. The van der Waals surface area contributed by atoms with Gasteiger partial charge in [-0.05, 0) is 30.3 Å². The smallest absolute Gasteiger partial charge is 0.293 e. The summed E-state index contributed by atoms with van der Waals surface area (Å²) in [6.07, 6.45) is 1.36. The van der Waals surface area contributed by atoms with Crippen molar-refractivity contribution >= 4 is 23.6 Å². The van der Waals surface area contributed by atoms with Gasteiger partial charge >= 0.3 is 0 Å². The summed E-state index contributed by atoms with van der Waals surface area (Å²) >= 11 is 1.23. The van der Waals surface area contributed by atoms with Crippen LogP contribution in [0, 0.1) is 0 Å². The van der Waals surface area contributed by atoms with E-state index in [2.05, 4.69) is 5.32 Å². The van der Waals surface area contributed by atoms with Crippen LogP contribution >= 0.6 is 11.8 Å². The van der Waals surface area contributed by atoms with E-state index in [-0.39, 0.29) is 17.3 Å². The fourth-order valence-electron chi connectivity index (χ4n) is 1.35. The molecule has 0 spiro atoms. The molecule has 1 heterocycles. The van der Waals surface area contributed by atoms with Crippen molar-refractivity contribution in [1.82, 2.24) is 5.32 Å². The fraction of sp³-hybridized carbons (Fsp3) is 0.0769. The van der Waals surface area contributed by atoms with E-state index in [1.807, 2.05) is 0 Å². The monoisotopic (exact) mass is 277 g/mol. The zero-order valence-corrected chi connectivity index (χ0v) is 10.6. The second-order valence-corrected chi connectivity index (χ2v) is 4.69. The number of hydrogen-bond acceptors (Lipinski definition) is 5. The highest BCUT2D eigenvalue weighted by atomic mass is 32.2. The highest BCUT2D eigenvalue weighted by molar-refractivity contribution is 8.00. The Kier molecular flexibility index (Phi) is 4.25. The first-order valence-corrected chi connectivity index (χ1v) is 6.43. The molecule has 0 saturated heterocycles. The Hall–Kier alpha value is -2.21. The summed E-state index contributed by atoms with van der Waals surface area (Å²) in [4.78, 5) is 23.8. The maximum Gasteiger partial charge on any atom is 0.293 e. The van der Waals surface area contributed by atoms with Gasteiger partial charge in [0, 0.05) is 4.90 Å². The maximum atomic E-state index is 11.5. The number of phenolic OH excluding ortho intramolecular Hbond substituents is 1. The number of thioether (sulfide) groups is 1. The SMILES string of the molecule is O=C(CSc1cccc(O)c1)NC(=O)c1ccco1. The van der Waals surface area contributed by atoms with E-state index in [1.165, 1.54) is 24.1 Å². The predicted molar refractivity (Wildman–Crippen MR) is 70.0 cm³/mol. The fourth-order valence-corrected chi connectivity index (χ4v) is 2.10. The average Bonchev–Trinajstić information content (AvgIpc) is 2.90. The number of benzene rings is 1. The predicted octanol–water partition coefficient (Wildman–Crippen LogP) is 2.03. The van der Waals surface area contributed by atoms with Gasteiger partial charge in [0.2, 0.25) is 5.91 Å². The van der Waals surface area contributed by atoms with Gasteiger partial charge in [0.15, 0.2) is 5.76 Å². The van der Waals surface area contributed by atoms with Gasteiger partial charge in [-0.2, -0.15) is 0 Å². The first kappa shape index (κ1) is 13.2. The van der Waals surface area contributed by atoms with E-state index in [4.69, 9.17) is 4.42 Å². The van der Waals surface area contributed by atoms with Crippen molar-refractivity contribution in [2.45, 2.75) is 4.90 Å². The highest BCUT2D eigenvalue weighted by Crippen LogP contribution is 2.21. The van der Waals surface area contributed by atoms with Crippen molar-refractivity contribution in [3.8, 4) is 5.75 Å². The van der Waals surface area contributed by atoms with Crippen molar-refractivity contribution in [3.63, 3.8) is 0 Å². The van der Waals surface area contributed by atoms with E-state index in [0.29, 0.717) is 0 Å². The normalized spacial score (nSPS) is 10.1. The van der Waals surface area contributed by atoms with Crippen LogP contribution in [0.25, 0.3) is 0 Å². The second-order valence-electron chi connectivity index (χ2n) is 3.64. The number of imide groups is 1. The minimum atomic E-state index is -0.563. The van der Waals surface area contributed by atoms with E-state index in [0.717, 1.165) is 4.90 Å². The Morgan fingerprint density at radius 3 is 2.79 bits per heavy atom. The minimum absolute atomic E-state index is 0.0793. The lowest BCUT2D eigenvalue weighted by molar-refractivity contribution is -0.117. The first-order valence-electron chi connectivity index (χ1n) is 5.44. The number of phenols is 1. The number of nitrogens with one attached hydrogen (secondary N) is 1. The molecule has 0 atom stereocenters. The van der Waals surface area contributed by atoms with E-state index >= 15 is 0 Å². The van der Waals surface area contributed by atoms with Crippen molar-refractivity contribution < 1.29 is 19.1 Å². The zero-order valence-electron chi connectivity index (χ0n) is 9.83. The summed E-state index contributed by atoms with van der Waals surface area (Å²) in [7, 11) is 0. The van der Waals surface area contributed by atoms with Gasteiger partial charge in [-0.15, -0.1) is 11.8 Å². The molecule has 0 unspecified atom stereocenters. The van der Waals surface area contributed by atoms with Crippen LogP contribution in [0.2, 0.25) is 0 Å². The van der Waals surface area contributed by atoms with Crippen molar-refractivity contribution in [2.75, 3.05) is 5.75 Å². The highest BCUT2D eigenvalue weighted by Gasteiger charge is 2.12. The van der Waals surface area contributed by atoms with E-state index in [9.17, 15) is 14.7 Å². The Morgan fingerprint density at radius 1 is 1.26 bits per heavy atom. The lowest BCUT2D eigenvalue weighted by Crippen LogP contribution is -2.31. The van der Waals surface area contributed by atoms with Gasteiger partial charge in [-0.1, -0.05) is 6.07 Å². The molecule has 6 heteroatoms. The summed E-state index contributed by atoms with van der Waals surface area (Å²) in [6.45, 7) is 0. The topological polar surface area (TPSA) is 79.5 Å². The molecule has 0 fully saturated rings. The Labute approximate surface area is 113 Å². The Bertz CT molecular complexity index is 580. The molecule has 19 heavy (non-hydrogen) atoms. The van der Waals surface area contributed by atoms with Gasteiger partial charge in [0.05, 0.1) is 12.0 Å². The summed E-state index contributed by atoms with van der Waals surface area (Å²) in [5.41, 5.74) is 0. The molecule has 0 aliphatic carbocycles. The number of aromatic hydroxyl groups is 1. The Morgan fingerprint density at radius 2 is 2.11 bits per heavy atom. The molecule has 0 bridgehead atoms.